The number of rotatable bonds is 6. The predicted octanol–water partition coefficient (Wildman–Crippen LogP) is 4.25. The molecule has 4 aliphatic heterocycles. The summed E-state index contributed by atoms with van der Waals surface area (Å²) in [7, 11) is 0. The molecular weight excluding hydrogens is 438 g/mol. The van der Waals surface area contributed by atoms with Gasteiger partial charge in [-0.25, -0.2) is 0 Å². The van der Waals surface area contributed by atoms with Gasteiger partial charge in [0.1, 0.15) is 13.2 Å². The standard InChI is InChI=1S/C29H37N3O3/c33-29(32-16-6-9-24(32)23-12-13-27-28(19-23)35-18-17-34-27)21-31-15-5-11-26(31)25-10-4-14-30(25)20-22-7-2-1-3-8-22/h1-3,7-8,12-13,19,24-26H,4-6,9-11,14-18,20-21H2. The number of ether oxygens (including phenoxy) is 2. The van der Waals surface area contributed by atoms with Crippen LogP contribution in [0, 0.1) is 0 Å². The predicted molar refractivity (Wildman–Crippen MR) is 136 cm³/mol. The average Bonchev–Trinajstić information content (AvgIpc) is 3.65. The topological polar surface area (TPSA) is 45.3 Å². The molecule has 2 aromatic rings. The molecule has 186 valence electrons. The van der Waals surface area contributed by atoms with Crippen LogP contribution in [-0.4, -0.2) is 72.1 Å². The van der Waals surface area contributed by atoms with Gasteiger partial charge in [-0.05, 0) is 74.9 Å². The van der Waals surface area contributed by atoms with Crippen LogP contribution in [0.25, 0.3) is 0 Å². The van der Waals surface area contributed by atoms with E-state index in [1.54, 1.807) is 0 Å². The van der Waals surface area contributed by atoms with E-state index in [0.717, 1.165) is 50.5 Å². The first kappa shape index (κ1) is 22.9. The first-order valence-corrected chi connectivity index (χ1v) is 13.5. The summed E-state index contributed by atoms with van der Waals surface area (Å²) >= 11 is 0. The average molecular weight is 476 g/mol. The van der Waals surface area contributed by atoms with E-state index >= 15 is 0 Å². The highest BCUT2D eigenvalue weighted by Crippen LogP contribution is 2.38. The third-order valence-corrected chi connectivity index (χ3v) is 8.36. The zero-order chi connectivity index (χ0) is 23.6. The monoisotopic (exact) mass is 475 g/mol. The lowest BCUT2D eigenvalue weighted by Crippen LogP contribution is -2.49. The van der Waals surface area contributed by atoms with Crippen LogP contribution in [0.3, 0.4) is 0 Å². The molecule has 0 aromatic heterocycles. The van der Waals surface area contributed by atoms with E-state index in [-0.39, 0.29) is 11.9 Å². The quantitative estimate of drug-likeness (QED) is 0.625. The summed E-state index contributed by atoms with van der Waals surface area (Å²) in [4.78, 5) is 20.9. The van der Waals surface area contributed by atoms with Crippen molar-refractivity contribution in [3.8, 4) is 11.5 Å². The van der Waals surface area contributed by atoms with Gasteiger partial charge >= 0.3 is 0 Å². The lowest BCUT2D eigenvalue weighted by molar-refractivity contribution is -0.133. The SMILES string of the molecule is O=C(CN1CCCC1C1CCCN1Cc1ccccc1)N1CCCC1c1ccc2c(c1)OCCO2. The molecule has 6 nitrogen and oxygen atoms in total. The number of hydrogen-bond acceptors (Lipinski definition) is 5. The molecule has 6 rings (SSSR count). The van der Waals surface area contributed by atoms with E-state index in [9.17, 15) is 4.79 Å². The first-order chi connectivity index (χ1) is 17.3. The number of carbonyl (C=O) groups excluding carboxylic acids is 1. The van der Waals surface area contributed by atoms with E-state index in [0.29, 0.717) is 31.8 Å². The molecular formula is C29H37N3O3. The minimum Gasteiger partial charge on any atom is -0.486 e. The highest BCUT2D eigenvalue weighted by molar-refractivity contribution is 5.79. The van der Waals surface area contributed by atoms with Gasteiger partial charge in [0.25, 0.3) is 0 Å². The van der Waals surface area contributed by atoms with Gasteiger partial charge < -0.3 is 14.4 Å². The van der Waals surface area contributed by atoms with E-state index in [1.165, 1.54) is 36.8 Å². The number of carbonyl (C=O) groups is 1. The van der Waals surface area contributed by atoms with Gasteiger partial charge in [-0.1, -0.05) is 36.4 Å². The van der Waals surface area contributed by atoms with E-state index in [2.05, 4.69) is 57.2 Å². The number of hydrogen-bond donors (Lipinski definition) is 0. The second kappa shape index (κ2) is 10.2. The van der Waals surface area contributed by atoms with Gasteiger partial charge in [0.15, 0.2) is 11.5 Å². The third-order valence-electron chi connectivity index (χ3n) is 8.36. The smallest absolute Gasteiger partial charge is 0.237 e. The zero-order valence-electron chi connectivity index (χ0n) is 20.6. The van der Waals surface area contributed by atoms with Crippen LogP contribution in [0.1, 0.15) is 55.7 Å². The van der Waals surface area contributed by atoms with Crippen LogP contribution in [0.4, 0.5) is 0 Å². The fourth-order valence-corrected chi connectivity index (χ4v) is 6.73. The zero-order valence-corrected chi connectivity index (χ0v) is 20.6. The van der Waals surface area contributed by atoms with Crippen molar-refractivity contribution >= 4 is 5.91 Å². The number of fused-ring (bicyclic) bond motifs is 1. The maximum Gasteiger partial charge on any atom is 0.237 e. The molecule has 1 amide bonds. The molecule has 0 radical (unpaired) electrons. The molecule has 6 heteroatoms. The largest absolute Gasteiger partial charge is 0.486 e. The molecule has 0 bridgehead atoms. The van der Waals surface area contributed by atoms with Gasteiger partial charge in [-0.2, -0.15) is 0 Å². The van der Waals surface area contributed by atoms with Crippen molar-refractivity contribution in [1.29, 1.82) is 0 Å². The van der Waals surface area contributed by atoms with Crippen LogP contribution >= 0.6 is 0 Å². The summed E-state index contributed by atoms with van der Waals surface area (Å²) in [6.45, 7) is 5.79. The summed E-state index contributed by atoms with van der Waals surface area (Å²) in [5.74, 6) is 1.90. The lowest BCUT2D eigenvalue weighted by atomic mass is 10.0. The molecule has 0 N–H and O–H groups in total. The summed E-state index contributed by atoms with van der Waals surface area (Å²) in [6, 6.07) is 18.2. The summed E-state index contributed by atoms with van der Waals surface area (Å²) in [5, 5.41) is 0. The highest BCUT2D eigenvalue weighted by atomic mass is 16.6. The van der Waals surface area contributed by atoms with Gasteiger partial charge in [0.05, 0.1) is 12.6 Å². The van der Waals surface area contributed by atoms with E-state index < -0.39 is 0 Å². The molecule has 4 heterocycles. The maximum atomic E-state index is 13.6. The summed E-state index contributed by atoms with van der Waals surface area (Å²) in [5.41, 5.74) is 2.56. The molecule has 3 atom stereocenters. The van der Waals surface area contributed by atoms with Crippen molar-refractivity contribution in [1.82, 2.24) is 14.7 Å². The van der Waals surface area contributed by atoms with Gasteiger partial charge in [-0.15, -0.1) is 0 Å². The molecule has 0 saturated carbocycles. The van der Waals surface area contributed by atoms with E-state index in [4.69, 9.17) is 9.47 Å². The Morgan fingerprint density at radius 3 is 2.34 bits per heavy atom. The Morgan fingerprint density at radius 1 is 0.800 bits per heavy atom. The van der Waals surface area contributed by atoms with Crippen molar-refractivity contribution in [2.75, 3.05) is 39.4 Å². The minimum atomic E-state index is 0.139. The molecule has 4 aliphatic rings. The van der Waals surface area contributed by atoms with Crippen LogP contribution in [0.5, 0.6) is 11.5 Å². The van der Waals surface area contributed by atoms with Gasteiger partial charge in [-0.3, -0.25) is 14.6 Å². The van der Waals surface area contributed by atoms with Crippen LogP contribution in [0.2, 0.25) is 0 Å². The normalized spacial score (nSPS) is 27.0. The lowest BCUT2D eigenvalue weighted by Gasteiger charge is -2.36. The van der Waals surface area contributed by atoms with Crippen LogP contribution in [0.15, 0.2) is 48.5 Å². The molecule has 0 aliphatic carbocycles. The van der Waals surface area contributed by atoms with E-state index in [1.807, 2.05) is 6.07 Å². The second-order valence-corrected chi connectivity index (χ2v) is 10.5. The Balaban J connectivity index is 1.12. The first-order valence-electron chi connectivity index (χ1n) is 13.5. The minimum absolute atomic E-state index is 0.139. The Morgan fingerprint density at radius 2 is 1.51 bits per heavy atom. The van der Waals surface area contributed by atoms with Crippen molar-refractivity contribution in [2.24, 2.45) is 0 Å². The van der Waals surface area contributed by atoms with Gasteiger partial charge in [0.2, 0.25) is 5.91 Å². The van der Waals surface area contributed by atoms with Crippen molar-refractivity contribution < 1.29 is 14.3 Å². The summed E-state index contributed by atoms with van der Waals surface area (Å²) in [6.07, 6.45) is 6.97. The number of benzene rings is 2. The maximum absolute atomic E-state index is 13.6. The van der Waals surface area contributed by atoms with Gasteiger partial charge in [0, 0.05) is 25.2 Å². The molecule has 2 aromatic carbocycles. The third kappa shape index (κ3) is 4.78. The van der Waals surface area contributed by atoms with Crippen molar-refractivity contribution in [3.63, 3.8) is 0 Å². The Hall–Kier alpha value is -2.57. The number of likely N-dealkylation sites (tertiary alicyclic amines) is 3. The second-order valence-electron chi connectivity index (χ2n) is 10.5. The summed E-state index contributed by atoms with van der Waals surface area (Å²) < 4.78 is 11.5. The van der Waals surface area contributed by atoms with Crippen LogP contribution < -0.4 is 9.47 Å². The van der Waals surface area contributed by atoms with Crippen molar-refractivity contribution in [2.45, 2.75) is 63.2 Å². The van der Waals surface area contributed by atoms with Crippen molar-refractivity contribution in [3.05, 3.63) is 59.7 Å². The number of nitrogens with zero attached hydrogens (tertiary/aromatic N) is 3. The molecule has 35 heavy (non-hydrogen) atoms. The molecule has 3 fully saturated rings. The van der Waals surface area contributed by atoms with Crippen LogP contribution in [-0.2, 0) is 11.3 Å². The number of amides is 1. The Kier molecular flexibility index (Phi) is 6.66. The Bertz CT molecular complexity index is 1030. The molecule has 3 saturated heterocycles. The Labute approximate surface area is 208 Å². The molecule has 0 spiro atoms. The molecule has 3 unspecified atom stereocenters. The fourth-order valence-electron chi connectivity index (χ4n) is 6.73. The highest BCUT2D eigenvalue weighted by Gasteiger charge is 2.40. The fraction of sp³-hybridized carbons (Fsp3) is 0.552.